The zero-order valence-electron chi connectivity index (χ0n) is 41.6. The molecule has 4 aromatic carbocycles. The molecule has 348 valence electrons. The maximum atomic E-state index is 5.13. The molecule has 0 fully saturated rings. The zero-order chi connectivity index (χ0) is 49.1. The van der Waals surface area contributed by atoms with Crippen LogP contribution in [0.5, 0.6) is 0 Å². The first-order valence-corrected chi connectivity index (χ1v) is 23.7. The SMILES string of the molecule is CC(C)(C)c1ccc(-c2nc3nc4nc5c(nc4nc3nc2-c2ccc(C(C)(C)C)cc2)Nc2nc3nc4nc(-c6ccc(C(C)(C)C)cc6)c(-c6ccc(C(C)(C)C)cc6)nc4nc3nc2N5)cc1. The van der Waals surface area contributed by atoms with Crippen LogP contribution in [0.25, 0.3) is 90.2 Å². The van der Waals surface area contributed by atoms with Gasteiger partial charge in [0.05, 0.1) is 22.8 Å². The molecule has 7 heterocycles. The van der Waals surface area contributed by atoms with Gasteiger partial charge in [0.25, 0.3) is 0 Å². The van der Waals surface area contributed by atoms with Crippen LogP contribution in [0.4, 0.5) is 23.3 Å². The quantitative estimate of drug-likeness (QED) is 0.159. The molecular formula is C56H54N14. The first-order chi connectivity index (χ1) is 33.1. The van der Waals surface area contributed by atoms with Crippen LogP contribution in [-0.2, 0) is 21.7 Å². The molecule has 10 aromatic rings. The molecule has 0 saturated heterocycles. The Morgan fingerprint density at radius 1 is 0.229 bits per heavy atom. The standard InChI is InChI=1S/C56H54N14/c1-53(2,3)33-21-13-29(14-22-33)37-38(30-15-23-34(24-16-30)54(4,5)6)58-42-41(57-37)61-45-46(62-42)66-50-49(65-45)69-51-52(70-50)68-48-47(67-51)63-43-44(64-48)60-40(32-19-27-36(28-20-32)56(10,11)12)39(59-43)31-17-25-35(26-18-31)55(7,8)9/h13-28H,1-12H3,(H,57,59,61,63,65,67,69)(H,58,60,62,64,66,68,70). The zero-order valence-corrected chi connectivity index (χ0v) is 41.6. The molecule has 14 nitrogen and oxygen atoms in total. The van der Waals surface area contributed by atoms with Gasteiger partial charge in [0, 0.05) is 22.3 Å². The Labute approximate surface area is 406 Å². The van der Waals surface area contributed by atoms with E-state index in [2.05, 4.69) is 191 Å². The molecule has 0 aliphatic carbocycles. The number of nitrogens with zero attached hydrogens (tertiary/aromatic N) is 12. The Morgan fingerprint density at radius 3 is 0.571 bits per heavy atom. The minimum atomic E-state index is -0.00554. The van der Waals surface area contributed by atoms with E-state index in [0.717, 1.165) is 22.3 Å². The molecule has 0 amide bonds. The minimum Gasteiger partial charge on any atom is -0.319 e. The van der Waals surface area contributed by atoms with Crippen molar-refractivity contribution in [2.45, 2.75) is 105 Å². The number of benzene rings is 4. The molecule has 0 atom stereocenters. The van der Waals surface area contributed by atoms with Crippen molar-refractivity contribution in [3.63, 3.8) is 0 Å². The predicted octanol–water partition coefficient (Wildman–Crippen LogP) is 12.7. The van der Waals surface area contributed by atoms with Crippen LogP contribution in [0.15, 0.2) is 97.1 Å². The number of rotatable bonds is 4. The summed E-state index contributed by atoms with van der Waals surface area (Å²) >= 11 is 0. The number of aromatic nitrogens is 12. The van der Waals surface area contributed by atoms with Crippen molar-refractivity contribution in [2.75, 3.05) is 10.6 Å². The van der Waals surface area contributed by atoms with E-state index in [-0.39, 0.29) is 44.2 Å². The van der Waals surface area contributed by atoms with Gasteiger partial charge in [-0.2, -0.15) is 0 Å². The topological polar surface area (TPSA) is 179 Å². The Balaban J connectivity index is 0.989. The molecule has 11 rings (SSSR count). The van der Waals surface area contributed by atoms with Gasteiger partial charge in [-0.25, -0.2) is 59.8 Å². The average molecular weight is 923 g/mol. The van der Waals surface area contributed by atoms with Gasteiger partial charge in [0.15, 0.2) is 23.3 Å². The highest BCUT2D eigenvalue weighted by Crippen LogP contribution is 2.39. The summed E-state index contributed by atoms with van der Waals surface area (Å²) in [6.45, 7) is 26.4. The molecule has 70 heavy (non-hydrogen) atoms. The van der Waals surface area contributed by atoms with Crippen molar-refractivity contribution >= 4 is 68.4 Å². The second kappa shape index (κ2) is 15.8. The molecule has 0 spiro atoms. The van der Waals surface area contributed by atoms with Gasteiger partial charge in [-0.05, 0) is 43.9 Å². The lowest BCUT2D eigenvalue weighted by atomic mass is 9.86. The fourth-order valence-electron chi connectivity index (χ4n) is 8.56. The summed E-state index contributed by atoms with van der Waals surface area (Å²) in [4.78, 5) is 59.6. The maximum Gasteiger partial charge on any atom is 0.202 e. The first-order valence-electron chi connectivity index (χ1n) is 23.7. The van der Waals surface area contributed by atoms with E-state index in [4.69, 9.17) is 59.8 Å². The van der Waals surface area contributed by atoms with Crippen molar-refractivity contribution in [3.8, 4) is 45.0 Å². The van der Waals surface area contributed by atoms with E-state index >= 15 is 0 Å². The van der Waals surface area contributed by atoms with Gasteiger partial charge in [0.2, 0.25) is 45.2 Å². The van der Waals surface area contributed by atoms with E-state index in [9.17, 15) is 0 Å². The van der Waals surface area contributed by atoms with Gasteiger partial charge in [-0.1, -0.05) is 180 Å². The fourth-order valence-corrected chi connectivity index (χ4v) is 8.56. The highest BCUT2D eigenvalue weighted by atomic mass is 15.3. The average Bonchev–Trinajstić information content (AvgIpc) is 3.31. The lowest BCUT2D eigenvalue weighted by Gasteiger charge is -2.20. The van der Waals surface area contributed by atoms with Gasteiger partial charge >= 0.3 is 0 Å². The Bertz CT molecular complexity index is 3220. The van der Waals surface area contributed by atoms with Crippen molar-refractivity contribution in [1.82, 2.24) is 59.8 Å². The van der Waals surface area contributed by atoms with Crippen molar-refractivity contribution < 1.29 is 0 Å². The third-order valence-corrected chi connectivity index (χ3v) is 12.9. The van der Waals surface area contributed by atoms with Gasteiger partial charge in [-0.15, -0.1) is 0 Å². The molecular weight excluding hydrogens is 869 g/mol. The van der Waals surface area contributed by atoms with Crippen molar-refractivity contribution in [2.24, 2.45) is 0 Å². The Morgan fingerprint density at radius 2 is 0.400 bits per heavy atom. The van der Waals surface area contributed by atoms with Crippen LogP contribution < -0.4 is 10.6 Å². The summed E-state index contributed by atoms with van der Waals surface area (Å²) in [6.07, 6.45) is 0. The molecule has 0 bridgehead atoms. The summed E-state index contributed by atoms with van der Waals surface area (Å²) in [5.74, 6) is 1.56. The van der Waals surface area contributed by atoms with Crippen molar-refractivity contribution in [3.05, 3.63) is 119 Å². The van der Waals surface area contributed by atoms with Crippen LogP contribution in [0.3, 0.4) is 0 Å². The lowest BCUT2D eigenvalue weighted by Crippen LogP contribution is -2.14. The number of hydrogen-bond acceptors (Lipinski definition) is 14. The highest BCUT2D eigenvalue weighted by Gasteiger charge is 2.26. The second-order valence-electron chi connectivity index (χ2n) is 22.3. The molecule has 0 unspecified atom stereocenters. The smallest absolute Gasteiger partial charge is 0.202 e. The van der Waals surface area contributed by atoms with Gasteiger partial charge in [-0.3, -0.25) is 0 Å². The summed E-state index contributed by atoms with van der Waals surface area (Å²) < 4.78 is 0. The van der Waals surface area contributed by atoms with E-state index in [1.54, 1.807) is 0 Å². The third kappa shape index (κ3) is 8.16. The summed E-state index contributed by atoms with van der Waals surface area (Å²) in [6, 6.07) is 34.0. The van der Waals surface area contributed by atoms with E-state index in [0.29, 0.717) is 68.6 Å². The Kier molecular flexibility index (Phi) is 10.0. The van der Waals surface area contributed by atoms with Crippen molar-refractivity contribution in [1.29, 1.82) is 0 Å². The number of nitrogens with one attached hydrogen (secondary N) is 2. The number of fused-ring (bicyclic) bond motifs is 6. The van der Waals surface area contributed by atoms with Crippen LogP contribution in [0.1, 0.15) is 105 Å². The van der Waals surface area contributed by atoms with Crippen LogP contribution in [-0.4, -0.2) is 59.8 Å². The Hall–Kier alpha value is -8.00. The number of hydrogen-bond donors (Lipinski definition) is 2. The first kappa shape index (κ1) is 44.5. The molecule has 0 saturated carbocycles. The maximum absolute atomic E-state index is 5.13. The highest BCUT2D eigenvalue weighted by molar-refractivity contribution is 5.92. The molecule has 2 N–H and O–H groups in total. The van der Waals surface area contributed by atoms with Crippen LogP contribution in [0, 0.1) is 0 Å². The van der Waals surface area contributed by atoms with E-state index in [1.165, 1.54) is 22.3 Å². The van der Waals surface area contributed by atoms with Crippen LogP contribution in [0.2, 0.25) is 0 Å². The number of anilines is 4. The third-order valence-electron chi connectivity index (χ3n) is 12.9. The predicted molar refractivity (Wildman–Crippen MR) is 280 cm³/mol. The molecule has 14 heteroatoms. The summed E-state index contributed by atoms with van der Waals surface area (Å²) in [5, 5.41) is 6.61. The van der Waals surface area contributed by atoms with E-state index < -0.39 is 0 Å². The minimum absolute atomic E-state index is 0.00554. The largest absolute Gasteiger partial charge is 0.319 e. The van der Waals surface area contributed by atoms with E-state index in [1.807, 2.05) is 0 Å². The summed E-state index contributed by atoms with van der Waals surface area (Å²) in [5.41, 5.74) is 13.9. The molecule has 0 radical (unpaired) electrons. The lowest BCUT2D eigenvalue weighted by molar-refractivity contribution is 0.590. The fraction of sp³-hybridized carbons (Fsp3) is 0.286. The molecule has 1 aliphatic heterocycles. The second-order valence-corrected chi connectivity index (χ2v) is 22.3. The molecule has 1 aliphatic rings. The monoisotopic (exact) mass is 922 g/mol. The summed E-state index contributed by atoms with van der Waals surface area (Å²) in [7, 11) is 0. The van der Waals surface area contributed by atoms with Crippen LogP contribution >= 0.6 is 0 Å². The molecule has 6 aromatic heterocycles. The van der Waals surface area contributed by atoms with Gasteiger partial charge < -0.3 is 10.6 Å². The normalized spacial score (nSPS) is 13.1. The van der Waals surface area contributed by atoms with Gasteiger partial charge in [0.1, 0.15) is 0 Å².